The normalized spacial score (nSPS) is 13.3. The van der Waals surface area contributed by atoms with Crippen molar-refractivity contribution in [2.45, 2.75) is 212 Å². The minimum atomic E-state index is -4.30. The van der Waals surface area contributed by atoms with Crippen molar-refractivity contribution >= 4 is 16.0 Å². The van der Waals surface area contributed by atoms with Crippen LogP contribution in [0.3, 0.4) is 0 Å². The van der Waals surface area contributed by atoms with Gasteiger partial charge in [-0.1, -0.05) is 181 Å². The highest BCUT2D eigenvalue weighted by Crippen LogP contribution is 2.16. The summed E-state index contributed by atoms with van der Waals surface area (Å²) in [5.74, 6) is -0.885. The SMILES string of the molecule is CCCCCCCCCCCCCCCCCC(=O)NC(CS(=O)(=O)O)C(O)CCCCCCCCCCCCCC. The number of nitrogens with one attached hydrogen (secondary N) is 1. The molecule has 0 saturated heterocycles. The van der Waals surface area contributed by atoms with Gasteiger partial charge in [-0.25, -0.2) is 0 Å². The zero-order valence-electron chi connectivity index (χ0n) is 27.9. The van der Waals surface area contributed by atoms with Gasteiger partial charge in [-0.15, -0.1) is 0 Å². The summed E-state index contributed by atoms with van der Waals surface area (Å²) in [6.07, 6.45) is 33.3. The van der Waals surface area contributed by atoms with Crippen molar-refractivity contribution in [1.29, 1.82) is 0 Å². The van der Waals surface area contributed by atoms with Crippen LogP contribution in [0, 0.1) is 0 Å². The van der Waals surface area contributed by atoms with E-state index in [1.165, 1.54) is 135 Å². The van der Waals surface area contributed by atoms with E-state index in [1.807, 2.05) is 0 Å². The fourth-order valence-corrected chi connectivity index (χ4v) is 6.57. The van der Waals surface area contributed by atoms with Crippen molar-refractivity contribution in [3.05, 3.63) is 0 Å². The van der Waals surface area contributed by atoms with Gasteiger partial charge in [-0.2, -0.15) is 8.42 Å². The lowest BCUT2D eigenvalue weighted by atomic mass is 10.0. The van der Waals surface area contributed by atoms with Gasteiger partial charge in [0, 0.05) is 6.42 Å². The molecular weight excluding hydrogens is 546 g/mol. The maximum absolute atomic E-state index is 12.5. The highest BCUT2D eigenvalue weighted by atomic mass is 32.2. The summed E-state index contributed by atoms with van der Waals surface area (Å²) in [7, 11) is -4.30. The molecule has 42 heavy (non-hydrogen) atoms. The van der Waals surface area contributed by atoms with Crippen LogP contribution < -0.4 is 5.32 Å². The third kappa shape index (κ3) is 30.8. The quantitative estimate of drug-likeness (QED) is 0.0502. The van der Waals surface area contributed by atoms with Crippen molar-refractivity contribution in [2.24, 2.45) is 0 Å². The first-order valence-corrected chi connectivity index (χ1v) is 19.8. The third-order valence-electron chi connectivity index (χ3n) is 8.56. The van der Waals surface area contributed by atoms with Crippen molar-refractivity contribution in [1.82, 2.24) is 5.32 Å². The van der Waals surface area contributed by atoms with E-state index in [9.17, 15) is 22.9 Å². The monoisotopic (exact) mass is 618 g/mol. The van der Waals surface area contributed by atoms with Gasteiger partial charge >= 0.3 is 0 Å². The molecule has 2 unspecified atom stereocenters. The average Bonchev–Trinajstić information content (AvgIpc) is 2.94. The Bertz CT molecular complexity index is 685. The Morgan fingerprint density at radius 2 is 0.857 bits per heavy atom. The maximum Gasteiger partial charge on any atom is 0.266 e. The van der Waals surface area contributed by atoms with Gasteiger partial charge in [0.1, 0.15) is 0 Å². The Kier molecular flexibility index (Phi) is 29.9. The molecule has 252 valence electrons. The van der Waals surface area contributed by atoms with Crippen LogP contribution in [0.15, 0.2) is 0 Å². The summed E-state index contributed by atoms with van der Waals surface area (Å²) in [4.78, 5) is 12.5. The largest absolute Gasteiger partial charge is 0.391 e. The first kappa shape index (κ1) is 41.3. The number of aliphatic hydroxyl groups excluding tert-OH is 1. The van der Waals surface area contributed by atoms with Gasteiger partial charge in [-0.05, 0) is 12.8 Å². The van der Waals surface area contributed by atoms with Crippen LogP contribution in [0.5, 0.6) is 0 Å². The molecule has 0 bridgehead atoms. The van der Waals surface area contributed by atoms with Gasteiger partial charge in [0.05, 0.1) is 17.9 Å². The van der Waals surface area contributed by atoms with E-state index >= 15 is 0 Å². The predicted octanol–water partition coefficient (Wildman–Crippen LogP) is 10.1. The smallest absolute Gasteiger partial charge is 0.266 e. The van der Waals surface area contributed by atoms with Gasteiger partial charge < -0.3 is 10.4 Å². The molecule has 0 radical (unpaired) electrons. The molecule has 0 aliphatic carbocycles. The fourth-order valence-electron chi connectivity index (χ4n) is 5.81. The molecule has 2 atom stereocenters. The number of carbonyl (C=O) groups is 1. The summed E-state index contributed by atoms with van der Waals surface area (Å²) in [6.45, 7) is 4.50. The fraction of sp³-hybridized carbons (Fsp3) is 0.971. The number of carbonyl (C=O) groups excluding carboxylic acids is 1. The van der Waals surface area contributed by atoms with Gasteiger partial charge in [-0.3, -0.25) is 9.35 Å². The molecule has 0 rings (SSSR count). The molecule has 0 aromatic heterocycles. The second kappa shape index (κ2) is 30.4. The summed E-state index contributed by atoms with van der Waals surface area (Å²) >= 11 is 0. The lowest BCUT2D eigenvalue weighted by Gasteiger charge is -2.23. The molecule has 0 aliphatic heterocycles. The topological polar surface area (TPSA) is 104 Å². The lowest BCUT2D eigenvalue weighted by Crippen LogP contribution is -2.47. The van der Waals surface area contributed by atoms with Gasteiger partial charge in [0.2, 0.25) is 5.91 Å². The molecule has 3 N–H and O–H groups in total. The van der Waals surface area contributed by atoms with Crippen LogP contribution in [0.25, 0.3) is 0 Å². The summed E-state index contributed by atoms with van der Waals surface area (Å²) < 4.78 is 32.4. The predicted molar refractivity (Wildman–Crippen MR) is 180 cm³/mol. The third-order valence-corrected chi connectivity index (χ3v) is 9.34. The van der Waals surface area contributed by atoms with Gasteiger partial charge in [0.25, 0.3) is 10.1 Å². The minimum absolute atomic E-state index is 0.243. The Balaban J connectivity index is 3.88. The van der Waals surface area contributed by atoms with Gasteiger partial charge in [0.15, 0.2) is 0 Å². The highest BCUT2D eigenvalue weighted by molar-refractivity contribution is 7.85. The number of hydrogen-bond acceptors (Lipinski definition) is 4. The molecule has 7 heteroatoms. The van der Waals surface area contributed by atoms with E-state index in [4.69, 9.17) is 0 Å². The minimum Gasteiger partial charge on any atom is -0.391 e. The van der Waals surface area contributed by atoms with Crippen LogP contribution in [-0.4, -0.2) is 41.9 Å². The molecule has 1 amide bonds. The summed E-state index contributed by atoms with van der Waals surface area (Å²) in [5.41, 5.74) is 0. The number of aliphatic hydroxyl groups is 1. The second-order valence-corrected chi connectivity index (χ2v) is 14.4. The molecule has 0 spiro atoms. The first-order valence-electron chi connectivity index (χ1n) is 18.2. The van der Waals surface area contributed by atoms with E-state index in [-0.39, 0.29) is 5.91 Å². The number of amides is 1. The standard InChI is InChI=1S/C35H71NO5S/c1-3-5-7-9-11-13-15-17-18-19-21-23-25-27-29-31-35(38)36-33(32-42(39,40)41)34(37)30-28-26-24-22-20-16-14-12-10-8-6-4-2/h33-34,37H,3-32H2,1-2H3,(H,36,38)(H,39,40,41). The number of hydrogen-bond donors (Lipinski definition) is 3. The Morgan fingerprint density at radius 3 is 1.19 bits per heavy atom. The molecule has 0 aromatic rings. The van der Waals surface area contributed by atoms with E-state index < -0.39 is 28.0 Å². The van der Waals surface area contributed by atoms with Crippen LogP contribution in [0.2, 0.25) is 0 Å². The molecule has 0 aliphatic rings. The van der Waals surface area contributed by atoms with Crippen LogP contribution in [-0.2, 0) is 14.9 Å². The lowest BCUT2D eigenvalue weighted by molar-refractivity contribution is -0.122. The zero-order chi connectivity index (χ0) is 31.2. The van der Waals surface area contributed by atoms with E-state index in [1.54, 1.807) is 0 Å². The number of unbranched alkanes of at least 4 members (excludes halogenated alkanes) is 25. The van der Waals surface area contributed by atoms with E-state index in [0.29, 0.717) is 12.8 Å². The van der Waals surface area contributed by atoms with Crippen molar-refractivity contribution in [3.63, 3.8) is 0 Å². The zero-order valence-corrected chi connectivity index (χ0v) is 28.7. The molecule has 0 aromatic carbocycles. The second-order valence-electron chi connectivity index (χ2n) is 12.9. The average molecular weight is 618 g/mol. The maximum atomic E-state index is 12.5. The van der Waals surface area contributed by atoms with Crippen molar-refractivity contribution in [2.75, 3.05) is 5.75 Å². The molecule has 0 saturated carbocycles. The highest BCUT2D eigenvalue weighted by Gasteiger charge is 2.26. The van der Waals surface area contributed by atoms with Crippen LogP contribution in [0.4, 0.5) is 0 Å². The summed E-state index contributed by atoms with van der Waals surface area (Å²) in [6, 6.07) is -0.962. The molecule has 0 fully saturated rings. The Labute approximate surface area is 261 Å². The van der Waals surface area contributed by atoms with Crippen molar-refractivity contribution in [3.8, 4) is 0 Å². The first-order chi connectivity index (χ1) is 20.3. The van der Waals surface area contributed by atoms with Crippen LogP contribution in [0.1, 0.15) is 200 Å². The summed E-state index contributed by atoms with van der Waals surface area (Å²) in [5, 5.41) is 13.3. The van der Waals surface area contributed by atoms with E-state index in [0.717, 1.165) is 38.5 Å². The molecular formula is C35H71NO5S. The Morgan fingerprint density at radius 1 is 0.548 bits per heavy atom. The molecule has 0 heterocycles. The Hall–Kier alpha value is -0.660. The number of rotatable bonds is 33. The van der Waals surface area contributed by atoms with Crippen LogP contribution >= 0.6 is 0 Å². The van der Waals surface area contributed by atoms with Crippen molar-refractivity contribution < 1.29 is 22.9 Å². The molecule has 6 nitrogen and oxygen atoms in total. The van der Waals surface area contributed by atoms with E-state index in [2.05, 4.69) is 19.2 Å².